The Morgan fingerprint density at radius 3 is 2.22 bits per heavy atom. The first-order valence-corrected chi connectivity index (χ1v) is 9.15. The molecule has 0 saturated heterocycles. The van der Waals surface area contributed by atoms with Crippen molar-refractivity contribution in [1.82, 2.24) is 4.98 Å². The van der Waals surface area contributed by atoms with Crippen molar-refractivity contribution >= 4 is 11.6 Å². The normalized spacial score (nSPS) is 11.6. The third-order valence-electron chi connectivity index (χ3n) is 4.27. The van der Waals surface area contributed by atoms with Gasteiger partial charge >= 0.3 is 6.18 Å². The highest BCUT2D eigenvalue weighted by atomic mass is 35.5. The van der Waals surface area contributed by atoms with Gasteiger partial charge in [0.1, 0.15) is 5.69 Å². The van der Waals surface area contributed by atoms with Crippen molar-refractivity contribution in [3.63, 3.8) is 0 Å². The van der Waals surface area contributed by atoms with Gasteiger partial charge in [0.05, 0.1) is 5.69 Å². The lowest BCUT2D eigenvalue weighted by Crippen LogP contribution is -2.09. The van der Waals surface area contributed by atoms with E-state index in [0.29, 0.717) is 22.6 Å². The van der Waals surface area contributed by atoms with Gasteiger partial charge in [0.25, 0.3) is 0 Å². The van der Waals surface area contributed by atoms with E-state index in [2.05, 4.69) is 11.9 Å². The summed E-state index contributed by atoms with van der Waals surface area (Å²) in [6, 6.07) is 17.5. The average Bonchev–Trinajstić information content (AvgIpc) is 2.63. The van der Waals surface area contributed by atoms with Crippen LogP contribution in [0.1, 0.15) is 35.7 Å². The number of alkyl halides is 3. The van der Waals surface area contributed by atoms with Crippen LogP contribution < -0.4 is 0 Å². The summed E-state index contributed by atoms with van der Waals surface area (Å²) >= 11 is 5.98. The van der Waals surface area contributed by atoms with Gasteiger partial charge in [0, 0.05) is 10.6 Å². The van der Waals surface area contributed by atoms with Crippen molar-refractivity contribution in [3.8, 4) is 11.3 Å². The van der Waals surface area contributed by atoms with Gasteiger partial charge in [-0.2, -0.15) is 13.2 Å². The number of hydrogen-bond acceptors (Lipinski definition) is 1. The third kappa shape index (κ3) is 5.10. The summed E-state index contributed by atoms with van der Waals surface area (Å²) in [4.78, 5) is 3.81. The van der Waals surface area contributed by atoms with Crippen LogP contribution in [0.3, 0.4) is 0 Å². The molecule has 0 unspecified atom stereocenters. The lowest BCUT2D eigenvalue weighted by atomic mass is 10.00. The minimum absolute atomic E-state index is 0.268. The molecule has 1 aromatic heterocycles. The van der Waals surface area contributed by atoms with E-state index in [9.17, 15) is 13.2 Å². The molecule has 0 amide bonds. The quantitative estimate of drug-likeness (QED) is 0.459. The van der Waals surface area contributed by atoms with Crippen LogP contribution in [0, 0.1) is 0 Å². The van der Waals surface area contributed by atoms with Crippen molar-refractivity contribution in [2.45, 2.75) is 32.4 Å². The molecule has 1 heterocycles. The Labute approximate surface area is 161 Å². The van der Waals surface area contributed by atoms with E-state index >= 15 is 0 Å². The maximum atomic E-state index is 13.3. The number of rotatable bonds is 5. The Morgan fingerprint density at radius 1 is 0.889 bits per heavy atom. The van der Waals surface area contributed by atoms with Gasteiger partial charge in [-0.3, -0.25) is 0 Å². The molecule has 27 heavy (non-hydrogen) atoms. The maximum absolute atomic E-state index is 13.3. The SMILES string of the molecule is CCCc1ccc(Cc2cc(-c3cccc(Cl)c3)nc(C(F)(F)F)c2)cc1. The molecule has 3 rings (SSSR count). The smallest absolute Gasteiger partial charge is 0.243 e. The molecule has 0 aliphatic carbocycles. The van der Waals surface area contributed by atoms with E-state index in [-0.39, 0.29) is 5.69 Å². The third-order valence-corrected chi connectivity index (χ3v) is 4.50. The first kappa shape index (κ1) is 19.4. The van der Waals surface area contributed by atoms with E-state index in [1.54, 1.807) is 30.3 Å². The predicted molar refractivity (Wildman–Crippen MR) is 103 cm³/mol. The Kier molecular flexibility index (Phi) is 5.85. The number of halogens is 4. The zero-order chi connectivity index (χ0) is 19.4. The van der Waals surface area contributed by atoms with E-state index < -0.39 is 11.9 Å². The second kappa shape index (κ2) is 8.13. The highest BCUT2D eigenvalue weighted by Gasteiger charge is 2.33. The Hall–Kier alpha value is -2.33. The van der Waals surface area contributed by atoms with E-state index in [1.165, 1.54) is 5.56 Å². The van der Waals surface area contributed by atoms with Crippen LogP contribution in [0.4, 0.5) is 13.2 Å². The summed E-state index contributed by atoms with van der Waals surface area (Å²) in [5.41, 5.74) is 2.70. The largest absolute Gasteiger partial charge is 0.433 e. The van der Waals surface area contributed by atoms with E-state index in [1.807, 2.05) is 24.3 Å². The lowest BCUT2D eigenvalue weighted by Gasteiger charge is -2.12. The van der Waals surface area contributed by atoms with E-state index in [4.69, 9.17) is 11.6 Å². The van der Waals surface area contributed by atoms with Crippen molar-refractivity contribution in [2.24, 2.45) is 0 Å². The van der Waals surface area contributed by atoms with Crippen molar-refractivity contribution < 1.29 is 13.2 Å². The Balaban J connectivity index is 1.97. The highest BCUT2D eigenvalue weighted by molar-refractivity contribution is 6.30. The van der Waals surface area contributed by atoms with Gasteiger partial charge in [-0.25, -0.2) is 4.98 Å². The van der Waals surface area contributed by atoms with Crippen molar-refractivity contribution in [1.29, 1.82) is 0 Å². The summed E-state index contributed by atoms with van der Waals surface area (Å²) in [7, 11) is 0. The van der Waals surface area contributed by atoms with Crippen LogP contribution in [-0.4, -0.2) is 4.98 Å². The van der Waals surface area contributed by atoms with Gasteiger partial charge in [0.2, 0.25) is 0 Å². The second-order valence-electron chi connectivity index (χ2n) is 6.50. The van der Waals surface area contributed by atoms with Crippen LogP contribution in [0.5, 0.6) is 0 Å². The molecule has 0 radical (unpaired) electrons. The van der Waals surface area contributed by atoms with Crippen LogP contribution in [0.15, 0.2) is 60.7 Å². The minimum Gasteiger partial charge on any atom is -0.243 e. The van der Waals surface area contributed by atoms with Crippen LogP contribution in [-0.2, 0) is 19.0 Å². The average molecular weight is 390 g/mol. The number of aryl methyl sites for hydroxylation is 1. The number of benzene rings is 2. The molecule has 3 aromatic rings. The molecule has 0 spiro atoms. The highest BCUT2D eigenvalue weighted by Crippen LogP contribution is 2.32. The first-order valence-electron chi connectivity index (χ1n) is 8.77. The molecule has 0 N–H and O–H groups in total. The summed E-state index contributed by atoms with van der Waals surface area (Å²) in [6.45, 7) is 2.11. The predicted octanol–water partition coefficient (Wildman–Crippen LogP) is 6.96. The van der Waals surface area contributed by atoms with Crippen LogP contribution in [0.2, 0.25) is 5.02 Å². The molecule has 5 heteroatoms. The summed E-state index contributed by atoms with van der Waals surface area (Å²) in [5, 5.41) is 0.458. The summed E-state index contributed by atoms with van der Waals surface area (Å²) in [6.07, 6.45) is -2.05. The number of nitrogens with zero attached hydrogens (tertiary/aromatic N) is 1. The molecule has 1 nitrogen and oxygen atoms in total. The first-order chi connectivity index (χ1) is 12.8. The number of pyridine rings is 1. The van der Waals surface area contributed by atoms with Crippen LogP contribution >= 0.6 is 11.6 Å². The molecular weight excluding hydrogens is 371 g/mol. The number of hydrogen-bond donors (Lipinski definition) is 0. The molecule has 0 atom stereocenters. The lowest BCUT2D eigenvalue weighted by molar-refractivity contribution is -0.141. The number of aromatic nitrogens is 1. The fourth-order valence-corrected chi connectivity index (χ4v) is 3.17. The maximum Gasteiger partial charge on any atom is 0.433 e. The fraction of sp³-hybridized carbons (Fsp3) is 0.227. The van der Waals surface area contributed by atoms with Gasteiger partial charge < -0.3 is 0 Å². The van der Waals surface area contributed by atoms with Crippen molar-refractivity contribution in [2.75, 3.05) is 0 Å². The molecule has 2 aromatic carbocycles. The van der Waals surface area contributed by atoms with Gasteiger partial charge in [-0.05, 0) is 53.8 Å². The Bertz CT molecular complexity index is 918. The second-order valence-corrected chi connectivity index (χ2v) is 6.93. The molecule has 0 fully saturated rings. The topological polar surface area (TPSA) is 12.9 Å². The molecule has 0 saturated carbocycles. The standard InChI is InChI=1S/C22H19ClF3N/c1-2-4-15-7-9-16(10-8-15)11-17-12-20(18-5-3-6-19(23)14-18)27-21(13-17)22(24,25)26/h3,5-10,12-14H,2,4,11H2,1H3. The molecular formula is C22H19ClF3N. The zero-order valence-corrected chi connectivity index (χ0v) is 15.6. The summed E-state index contributed by atoms with van der Waals surface area (Å²) in [5.74, 6) is 0. The molecule has 0 aliphatic heterocycles. The van der Waals surface area contributed by atoms with Crippen molar-refractivity contribution in [3.05, 3.63) is 88.1 Å². The van der Waals surface area contributed by atoms with Gasteiger partial charge in [-0.15, -0.1) is 0 Å². The fourth-order valence-electron chi connectivity index (χ4n) is 2.98. The zero-order valence-electron chi connectivity index (χ0n) is 14.9. The molecule has 140 valence electrons. The molecule has 0 aliphatic rings. The van der Waals surface area contributed by atoms with E-state index in [0.717, 1.165) is 24.5 Å². The molecule has 0 bridgehead atoms. The minimum atomic E-state index is -4.51. The van der Waals surface area contributed by atoms with Gasteiger partial charge in [-0.1, -0.05) is 61.3 Å². The monoisotopic (exact) mass is 389 g/mol. The Morgan fingerprint density at radius 2 is 1.59 bits per heavy atom. The van der Waals surface area contributed by atoms with Crippen LogP contribution in [0.25, 0.3) is 11.3 Å². The summed E-state index contributed by atoms with van der Waals surface area (Å²) < 4.78 is 40.0. The van der Waals surface area contributed by atoms with Gasteiger partial charge in [0.15, 0.2) is 0 Å².